The van der Waals surface area contributed by atoms with Gasteiger partial charge < -0.3 is 18.1 Å². The number of nitrogens with zero attached hydrogens (tertiary/aromatic N) is 6. The van der Waals surface area contributed by atoms with E-state index in [0.29, 0.717) is 12.1 Å². The van der Waals surface area contributed by atoms with Crippen molar-refractivity contribution in [3.8, 4) is 5.82 Å². The summed E-state index contributed by atoms with van der Waals surface area (Å²) in [4.78, 5) is 16.3. The molecule has 0 aliphatic carbocycles. The number of amides is 1. The van der Waals surface area contributed by atoms with Gasteiger partial charge in [0.25, 0.3) is 11.5 Å². The van der Waals surface area contributed by atoms with E-state index < -0.39 is 5.91 Å². The van der Waals surface area contributed by atoms with Crippen LogP contribution in [0.15, 0.2) is 34.3 Å². The fourth-order valence-electron chi connectivity index (χ4n) is 2.17. The molecular formula is C14H16ClN9O2. The SMILES string of the molecule is CCCc1c(C(=O)N/N=C/c2ccncc2)n[nH][n+]1-c1nonc1N.[Cl-]. The molecule has 26 heavy (non-hydrogen) atoms. The van der Waals surface area contributed by atoms with E-state index in [1.165, 1.54) is 10.9 Å². The first-order chi connectivity index (χ1) is 12.2. The summed E-state index contributed by atoms with van der Waals surface area (Å²) < 4.78 is 6.06. The van der Waals surface area contributed by atoms with Gasteiger partial charge >= 0.3 is 11.7 Å². The monoisotopic (exact) mass is 377 g/mol. The van der Waals surface area contributed by atoms with Gasteiger partial charge in [0.05, 0.1) is 6.21 Å². The molecule has 3 heterocycles. The number of H-pyrrole nitrogens is 1. The molecule has 0 saturated carbocycles. The standard InChI is InChI=1S/C14H15N9O2.ClH/c1-2-3-10-11(18-22-23(10)13-12(15)20-25-21-13)14(24)19-17-8-9-4-6-16-7-5-9;/h4-8H,2-3H2,1H3,(H3,15,16,19,20,24);1H. The first-order valence-corrected chi connectivity index (χ1v) is 7.51. The molecule has 0 atom stereocenters. The molecule has 1 amide bonds. The van der Waals surface area contributed by atoms with Crippen molar-refractivity contribution in [1.29, 1.82) is 0 Å². The van der Waals surface area contributed by atoms with Gasteiger partial charge in [-0.25, -0.2) is 5.43 Å². The number of nitrogens with two attached hydrogens (primary N) is 1. The van der Waals surface area contributed by atoms with Gasteiger partial charge in [-0.05, 0) is 34.4 Å². The van der Waals surface area contributed by atoms with Gasteiger partial charge in [-0.1, -0.05) is 6.92 Å². The average molecular weight is 378 g/mol. The molecule has 0 aliphatic rings. The van der Waals surface area contributed by atoms with Gasteiger partial charge in [0.15, 0.2) is 5.69 Å². The van der Waals surface area contributed by atoms with Crippen LogP contribution < -0.4 is 28.2 Å². The first-order valence-electron chi connectivity index (χ1n) is 7.51. The molecule has 0 aliphatic heterocycles. The van der Waals surface area contributed by atoms with Crippen molar-refractivity contribution < 1.29 is 26.5 Å². The number of pyridine rings is 1. The number of nitrogen functional groups attached to an aromatic ring is 1. The molecule has 3 aromatic rings. The Morgan fingerprint density at radius 1 is 1.42 bits per heavy atom. The Bertz CT molecular complexity index is 891. The second kappa shape index (κ2) is 8.67. The van der Waals surface area contributed by atoms with E-state index in [-0.39, 0.29) is 29.7 Å². The summed E-state index contributed by atoms with van der Waals surface area (Å²) in [5.74, 6) is -0.122. The zero-order chi connectivity index (χ0) is 17.6. The highest BCUT2D eigenvalue weighted by Crippen LogP contribution is 2.09. The van der Waals surface area contributed by atoms with Crippen LogP contribution in [0.4, 0.5) is 5.82 Å². The van der Waals surface area contributed by atoms with Crippen molar-refractivity contribution in [3.63, 3.8) is 0 Å². The van der Waals surface area contributed by atoms with E-state index in [2.05, 4.69) is 40.8 Å². The molecule has 136 valence electrons. The third kappa shape index (κ3) is 4.00. The first kappa shape index (κ1) is 19.0. The molecule has 0 spiro atoms. The van der Waals surface area contributed by atoms with Gasteiger partial charge in [0.2, 0.25) is 0 Å². The zero-order valence-corrected chi connectivity index (χ0v) is 14.5. The van der Waals surface area contributed by atoms with Crippen LogP contribution in [0.5, 0.6) is 0 Å². The highest BCUT2D eigenvalue weighted by atomic mass is 35.5. The lowest BCUT2D eigenvalue weighted by Gasteiger charge is -1.98. The van der Waals surface area contributed by atoms with Crippen molar-refractivity contribution in [3.05, 3.63) is 41.5 Å². The highest BCUT2D eigenvalue weighted by molar-refractivity contribution is 5.93. The maximum atomic E-state index is 12.4. The van der Waals surface area contributed by atoms with Crippen molar-refractivity contribution in [2.45, 2.75) is 19.8 Å². The highest BCUT2D eigenvalue weighted by Gasteiger charge is 2.29. The lowest BCUT2D eigenvalue weighted by Crippen LogP contribution is -3.00. The lowest BCUT2D eigenvalue weighted by molar-refractivity contribution is -0.670. The third-order valence-electron chi connectivity index (χ3n) is 3.30. The topological polar surface area (TPSA) is 152 Å². The molecule has 0 fully saturated rings. The number of halogens is 1. The summed E-state index contributed by atoms with van der Waals surface area (Å²) in [7, 11) is 0. The van der Waals surface area contributed by atoms with Crippen LogP contribution in [-0.2, 0) is 6.42 Å². The van der Waals surface area contributed by atoms with Crippen LogP contribution >= 0.6 is 0 Å². The molecule has 4 N–H and O–H groups in total. The fraction of sp³-hybridized carbons (Fsp3) is 0.214. The third-order valence-corrected chi connectivity index (χ3v) is 3.30. The molecule has 3 aromatic heterocycles. The Morgan fingerprint density at radius 3 is 2.85 bits per heavy atom. The molecule has 0 bridgehead atoms. The number of hydrazone groups is 1. The second-order valence-corrected chi connectivity index (χ2v) is 5.05. The van der Waals surface area contributed by atoms with Crippen molar-refractivity contribution >= 4 is 17.9 Å². The Morgan fingerprint density at radius 2 is 2.19 bits per heavy atom. The summed E-state index contributed by atoms with van der Waals surface area (Å²) in [5.41, 5.74) is 9.74. The molecular weight excluding hydrogens is 362 g/mol. The van der Waals surface area contributed by atoms with E-state index in [0.717, 1.165) is 12.0 Å². The second-order valence-electron chi connectivity index (χ2n) is 5.05. The van der Waals surface area contributed by atoms with Crippen molar-refractivity contribution in [2.75, 3.05) is 5.73 Å². The molecule has 12 heteroatoms. The van der Waals surface area contributed by atoms with Crippen LogP contribution in [0.1, 0.15) is 35.1 Å². The minimum Gasteiger partial charge on any atom is -1.00 e. The maximum absolute atomic E-state index is 12.4. The zero-order valence-electron chi connectivity index (χ0n) is 13.8. The maximum Gasteiger partial charge on any atom is 0.376 e. The number of anilines is 1. The quantitative estimate of drug-likeness (QED) is 0.232. The lowest BCUT2D eigenvalue weighted by atomic mass is 10.2. The predicted octanol–water partition coefficient (Wildman–Crippen LogP) is -3.23. The summed E-state index contributed by atoms with van der Waals surface area (Å²) in [5, 5.41) is 17.9. The average Bonchev–Trinajstić information content (AvgIpc) is 3.22. The van der Waals surface area contributed by atoms with Gasteiger partial charge in [0.1, 0.15) is 5.16 Å². The van der Waals surface area contributed by atoms with Gasteiger partial charge in [-0.3, -0.25) is 9.78 Å². The van der Waals surface area contributed by atoms with Crippen molar-refractivity contribution in [1.82, 2.24) is 31.0 Å². The number of nitrogens with one attached hydrogen (secondary N) is 2. The molecule has 11 nitrogen and oxygen atoms in total. The number of hydrogen-bond acceptors (Lipinski definition) is 8. The Labute approximate surface area is 154 Å². The van der Waals surface area contributed by atoms with Crippen LogP contribution in [-0.4, -0.2) is 37.7 Å². The molecule has 0 saturated heterocycles. The number of rotatable bonds is 6. The largest absolute Gasteiger partial charge is 1.00 e. The number of aromatic amines is 1. The molecule has 0 radical (unpaired) electrons. The van der Waals surface area contributed by atoms with Gasteiger partial charge in [-0.2, -0.15) is 9.73 Å². The van der Waals surface area contributed by atoms with Crippen molar-refractivity contribution in [2.24, 2.45) is 5.10 Å². The summed E-state index contributed by atoms with van der Waals surface area (Å²) in [6, 6.07) is 3.53. The van der Waals surface area contributed by atoms with Crippen LogP contribution in [0.3, 0.4) is 0 Å². The van der Waals surface area contributed by atoms with E-state index in [1.807, 2.05) is 6.92 Å². The summed E-state index contributed by atoms with van der Waals surface area (Å²) >= 11 is 0. The predicted molar refractivity (Wildman–Crippen MR) is 85.7 cm³/mol. The van der Waals surface area contributed by atoms with E-state index in [4.69, 9.17) is 5.73 Å². The minimum atomic E-state index is -0.459. The van der Waals surface area contributed by atoms with E-state index in [1.54, 1.807) is 24.5 Å². The summed E-state index contributed by atoms with van der Waals surface area (Å²) in [6.07, 6.45) is 6.13. The van der Waals surface area contributed by atoms with Crippen LogP contribution in [0.25, 0.3) is 5.82 Å². The minimum absolute atomic E-state index is 0. The number of hydrogen-bond donors (Lipinski definition) is 3. The van der Waals surface area contributed by atoms with Gasteiger partial charge in [-0.15, -0.1) is 9.90 Å². The van der Waals surface area contributed by atoms with E-state index in [9.17, 15) is 4.79 Å². The Balaban J connectivity index is 0.00000243. The number of carbonyl (C=O) groups excluding carboxylic acids is 1. The summed E-state index contributed by atoms with van der Waals surface area (Å²) in [6.45, 7) is 1.98. The smallest absolute Gasteiger partial charge is 0.376 e. The van der Waals surface area contributed by atoms with Crippen LogP contribution in [0, 0.1) is 0 Å². The molecule has 0 aromatic carbocycles. The number of carbonyl (C=O) groups is 1. The van der Waals surface area contributed by atoms with Gasteiger partial charge in [0, 0.05) is 18.8 Å². The molecule has 3 rings (SSSR count). The van der Waals surface area contributed by atoms with Crippen LogP contribution in [0.2, 0.25) is 0 Å². The Hall–Kier alpha value is -3.34. The Kier molecular flexibility index (Phi) is 6.33. The van der Waals surface area contributed by atoms with E-state index >= 15 is 0 Å². The normalized spacial score (nSPS) is 10.7. The number of aromatic nitrogens is 6. The molecule has 0 unspecified atom stereocenters. The fourth-order valence-corrected chi connectivity index (χ4v) is 2.17.